The van der Waals surface area contributed by atoms with Gasteiger partial charge in [-0.05, 0) is 40.3 Å². The Bertz CT molecular complexity index is 571. The van der Waals surface area contributed by atoms with Crippen molar-refractivity contribution < 1.29 is 9.53 Å². The maximum absolute atomic E-state index is 12.7. The molecule has 0 radical (unpaired) electrons. The van der Waals surface area contributed by atoms with Crippen LogP contribution in [0, 0.1) is 0 Å². The molecule has 0 saturated carbocycles. The maximum Gasteiger partial charge on any atom is 0.240 e. The number of rotatable bonds is 6. The first kappa shape index (κ1) is 18.8. The third-order valence-electron chi connectivity index (χ3n) is 5.21. The van der Waals surface area contributed by atoms with Crippen LogP contribution in [0.3, 0.4) is 0 Å². The molecule has 2 aliphatic rings. The van der Waals surface area contributed by atoms with Crippen LogP contribution in [0.25, 0.3) is 0 Å². The summed E-state index contributed by atoms with van der Waals surface area (Å²) in [5.74, 6) is 0.320. The summed E-state index contributed by atoms with van der Waals surface area (Å²) >= 11 is 1.68. The van der Waals surface area contributed by atoms with Gasteiger partial charge in [-0.15, -0.1) is 11.3 Å². The molecule has 0 spiro atoms. The monoisotopic (exact) mass is 366 g/mol. The minimum atomic E-state index is 0.0709. The standard InChI is InChI=1S/C18H30N4O2S/c1-4-24-14(2)17-19-15(13-25-17)12-21-8-10-22(11-9-21)18(23)16-6-5-7-20(16)3/h13-14,16H,4-12H2,1-3H3/t14-,16+/m0/s1. The Hall–Kier alpha value is -1.02. The molecule has 0 bridgehead atoms. The second kappa shape index (κ2) is 8.58. The van der Waals surface area contributed by atoms with Gasteiger partial charge < -0.3 is 9.64 Å². The summed E-state index contributed by atoms with van der Waals surface area (Å²) < 4.78 is 5.62. The second-order valence-corrected chi connectivity index (χ2v) is 7.90. The Kier molecular flexibility index (Phi) is 6.44. The van der Waals surface area contributed by atoms with Crippen molar-refractivity contribution in [2.75, 3.05) is 46.4 Å². The molecule has 3 heterocycles. The lowest BCUT2D eigenvalue weighted by atomic mass is 10.1. The lowest BCUT2D eigenvalue weighted by molar-refractivity contribution is -0.137. The van der Waals surface area contributed by atoms with E-state index in [1.807, 2.05) is 11.8 Å². The predicted octanol–water partition coefficient (Wildman–Crippen LogP) is 1.98. The highest BCUT2D eigenvalue weighted by molar-refractivity contribution is 7.09. The van der Waals surface area contributed by atoms with E-state index in [-0.39, 0.29) is 12.1 Å². The zero-order chi connectivity index (χ0) is 17.8. The van der Waals surface area contributed by atoms with Crippen molar-refractivity contribution in [3.05, 3.63) is 16.1 Å². The first-order valence-corrected chi connectivity index (χ1v) is 10.2. The SMILES string of the molecule is CCO[C@@H](C)c1nc(CN2CCN(C(=O)[C@H]3CCCN3C)CC2)cs1. The van der Waals surface area contributed by atoms with Crippen molar-refractivity contribution in [3.63, 3.8) is 0 Å². The van der Waals surface area contributed by atoms with Crippen molar-refractivity contribution in [2.24, 2.45) is 0 Å². The van der Waals surface area contributed by atoms with E-state index in [1.165, 1.54) is 0 Å². The maximum atomic E-state index is 12.7. The van der Waals surface area contributed by atoms with E-state index in [4.69, 9.17) is 9.72 Å². The van der Waals surface area contributed by atoms with Crippen LogP contribution in [-0.2, 0) is 16.1 Å². The molecule has 0 unspecified atom stereocenters. The Labute approximate surface area is 154 Å². The van der Waals surface area contributed by atoms with Gasteiger partial charge in [-0.2, -0.15) is 0 Å². The van der Waals surface area contributed by atoms with Gasteiger partial charge in [0.1, 0.15) is 11.1 Å². The fourth-order valence-electron chi connectivity index (χ4n) is 3.69. The minimum Gasteiger partial charge on any atom is -0.372 e. The molecule has 1 aromatic heterocycles. The minimum absolute atomic E-state index is 0.0709. The van der Waals surface area contributed by atoms with Crippen LogP contribution in [-0.4, -0.2) is 78.0 Å². The number of nitrogens with zero attached hydrogens (tertiary/aromatic N) is 4. The molecule has 25 heavy (non-hydrogen) atoms. The lowest BCUT2D eigenvalue weighted by Gasteiger charge is -2.36. The van der Waals surface area contributed by atoms with E-state index in [1.54, 1.807) is 11.3 Å². The fraction of sp³-hybridized carbons (Fsp3) is 0.778. The number of likely N-dealkylation sites (N-methyl/N-ethyl adjacent to an activating group) is 1. The van der Waals surface area contributed by atoms with Gasteiger partial charge in [0.05, 0.1) is 11.7 Å². The third kappa shape index (κ3) is 4.58. The molecule has 3 rings (SSSR count). The molecule has 0 N–H and O–H groups in total. The summed E-state index contributed by atoms with van der Waals surface area (Å²) in [7, 11) is 2.06. The fourth-order valence-corrected chi connectivity index (χ4v) is 4.51. The summed E-state index contributed by atoms with van der Waals surface area (Å²) in [6.45, 7) is 10.2. The van der Waals surface area contributed by atoms with Crippen molar-refractivity contribution in [2.45, 2.75) is 45.4 Å². The normalized spacial score (nSPS) is 24.0. The smallest absolute Gasteiger partial charge is 0.240 e. The summed E-state index contributed by atoms with van der Waals surface area (Å²) in [5.41, 5.74) is 1.11. The molecule has 0 aromatic carbocycles. The highest BCUT2D eigenvalue weighted by Gasteiger charge is 2.32. The van der Waals surface area contributed by atoms with E-state index < -0.39 is 0 Å². The van der Waals surface area contributed by atoms with Crippen LogP contribution in [0.5, 0.6) is 0 Å². The number of likely N-dealkylation sites (tertiary alicyclic amines) is 1. The third-order valence-corrected chi connectivity index (χ3v) is 6.26. The number of aromatic nitrogens is 1. The Morgan fingerprint density at radius 3 is 2.76 bits per heavy atom. The average molecular weight is 367 g/mol. The number of carbonyl (C=O) groups excluding carboxylic acids is 1. The van der Waals surface area contributed by atoms with E-state index in [9.17, 15) is 4.79 Å². The van der Waals surface area contributed by atoms with Gasteiger partial charge in [-0.25, -0.2) is 4.98 Å². The van der Waals surface area contributed by atoms with E-state index >= 15 is 0 Å². The van der Waals surface area contributed by atoms with Crippen molar-refractivity contribution in [3.8, 4) is 0 Å². The molecule has 7 heteroatoms. The van der Waals surface area contributed by atoms with Crippen molar-refractivity contribution in [1.29, 1.82) is 0 Å². The number of piperazine rings is 1. The van der Waals surface area contributed by atoms with Crippen LogP contribution < -0.4 is 0 Å². The average Bonchev–Trinajstić information content (AvgIpc) is 3.24. The molecule has 0 aliphatic carbocycles. The summed E-state index contributed by atoms with van der Waals surface area (Å²) in [6.07, 6.45) is 2.22. The highest BCUT2D eigenvalue weighted by Crippen LogP contribution is 2.22. The number of hydrogen-bond donors (Lipinski definition) is 0. The molecule has 1 aromatic rings. The van der Waals surface area contributed by atoms with Gasteiger partial charge in [-0.3, -0.25) is 14.6 Å². The van der Waals surface area contributed by atoms with Gasteiger partial charge >= 0.3 is 0 Å². The second-order valence-electron chi connectivity index (χ2n) is 7.01. The summed E-state index contributed by atoms with van der Waals surface area (Å²) in [4.78, 5) is 24.0. The predicted molar refractivity (Wildman–Crippen MR) is 99.7 cm³/mol. The number of amides is 1. The van der Waals surface area contributed by atoms with Crippen LogP contribution in [0.15, 0.2) is 5.38 Å². The number of thiazole rings is 1. The Balaban J connectivity index is 1.47. The molecule has 2 aliphatic heterocycles. The van der Waals surface area contributed by atoms with Crippen LogP contribution in [0.4, 0.5) is 0 Å². The zero-order valence-electron chi connectivity index (χ0n) is 15.6. The van der Waals surface area contributed by atoms with E-state index in [0.717, 1.165) is 62.8 Å². The number of hydrogen-bond acceptors (Lipinski definition) is 6. The number of carbonyl (C=O) groups is 1. The molecule has 6 nitrogen and oxygen atoms in total. The summed E-state index contributed by atoms with van der Waals surface area (Å²) in [6, 6.07) is 0.104. The largest absolute Gasteiger partial charge is 0.372 e. The van der Waals surface area contributed by atoms with E-state index in [0.29, 0.717) is 12.5 Å². The molecule has 1 amide bonds. The Morgan fingerprint density at radius 2 is 2.12 bits per heavy atom. The van der Waals surface area contributed by atoms with Crippen LogP contribution in [0.1, 0.15) is 43.5 Å². The number of ether oxygens (including phenoxy) is 1. The topological polar surface area (TPSA) is 48.9 Å². The van der Waals surface area contributed by atoms with Gasteiger partial charge in [0.25, 0.3) is 0 Å². The van der Waals surface area contributed by atoms with E-state index in [2.05, 4.69) is 29.2 Å². The van der Waals surface area contributed by atoms with Gasteiger partial charge in [0, 0.05) is 44.7 Å². The van der Waals surface area contributed by atoms with Gasteiger partial charge in [0.15, 0.2) is 0 Å². The molecular weight excluding hydrogens is 336 g/mol. The van der Waals surface area contributed by atoms with Crippen LogP contribution in [0.2, 0.25) is 0 Å². The molecule has 140 valence electrons. The van der Waals surface area contributed by atoms with Gasteiger partial charge in [0.2, 0.25) is 5.91 Å². The summed E-state index contributed by atoms with van der Waals surface area (Å²) in [5, 5.41) is 3.19. The van der Waals surface area contributed by atoms with Crippen molar-refractivity contribution >= 4 is 17.2 Å². The zero-order valence-corrected chi connectivity index (χ0v) is 16.4. The Morgan fingerprint density at radius 1 is 1.36 bits per heavy atom. The van der Waals surface area contributed by atoms with Crippen molar-refractivity contribution in [1.82, 2.24) is 19.7 Å². The quantitative estimate of drug-likeness (QED) is 0.770. The first-order valence-electron chi connectivity index (χ1n) is 9.35. The molecule has 2 atom stereocenters. The highest BCUT2D eigenvalue weighted by atomic mass is 32.1. The van der Waals surface area contributed by atoms with Crippen LogP contribution >= 0.6 is 11.3 Å². The van der Waals surface area contributed by atoms with Gasteiger partial charge in [-0.1, -0.05) is 0 Å². The molecule has 2 saturated heterocycles. The molecular formula is C18H30N4O2S. The lowest BCUT2D eigenvalue weighted by Crippen LogP contribution is -2.52. The molecule has 2 fully saturated rings. The first-order chi connectivity index (χ1) is 12.1.